The first-order chi connectivity index (χ1) is 16.9. The van der Waals surface area contributed by atoms with Crippen LogP contribution in [0.1, 0.15) is 24.8 Å². The number of carbonyl (C=O) groups is 2. The van der Waals surface area contributed by atoms with Gasteiger partial charge in [-0.1, -0.05) is 60.7 Å². The Morgan fingerprint density at radius 3 is 2.29 bits per heavy atom. The molecule has 1 aliphatic rings. The van der Waals surface area contributed by atoms with Gasteiger partial charge in [0.25, 0.3) is 0 Å². The molecular weight excluding hydrogens is 464 g/mol. The highest BCUT2D eigenvalue weighted by atomic mass is 32.2. The van der Waals surface area contributed by atoms with Gasteiger partial charge in [-0.3, -0.25) is 9.59 Å². The van der Waals surface area contributed by atoms with Crippen LogP contribution in [-0.2, 0) is 30.9 Å². The first kappa shape index (κ1) is 24.9. The molecule has 7 nitrogen and oxygen atoms in total. The van der Waals surface area contributed by atoms with Crippen LogP contribution < -0.4 is 0 Å². The number of methoxy groups -OCH3 is 1. The van der Waals surface area contributed by atoms with Crippen molar-refractivity contribution >= 4 is 32.7 Å². The monoisotopic (exact) mass is 494 g/mol. The third-order valence-electron chi connectivity index (χ3n) is 6.50. The summed E-state index contributed by atoms with van der Waals surface area (Å²) in [4.78, 5) is 27.0. The number of carbonyl (C=O) groups excluding carboxylic acids is 2. The van der Waals surface area contributed by atoms with Gasteiger partial charge in [-0.25, -0.2) is 8.42 Å². The van der Waals surface area contributed by atoms with Gasteiger partial charge < -0.3 is 9.64 Å². The molecule has 184 valence electrons. The molecule has 1 aliphatic heterocycles. The highest BCUT2D eigenvalue weighted by Gasteiger charge is 2.34. The fourth-order valence-corrected chi connectivity index (χ4v) is 5.98. The van der Waals surface area contributed by atoms with E-state index in [9.17, 15) is 18.0 Å². The SMILES string of the molecule is COC(=O)CCN(Cc1ccccc1)C(=O)C1CCN(S(=O)(=O)c2ccc3ccccc3c2)CC1. The number of hydrogen-bond acceptors (Lipinski definition) is 5. The van der Waals surface area contributed by atoms with Gasteiger partial charge in [0.2, 0.25) is 15.9 Å². The molecule has 0 aromatic heterocycles. The van der Waals surface area contributed by atoms with Crippen LogP contribution in [0.15, 0.2) is 77.7 Å². The lowest BCUT2D eigenvalue weighted by Gasteiger charge is -2.33. The molecule has 35 heavy (non-hydrogen) atoms. The first-order valence-corrected chi connectivity index (χ1v) is 13.2. The van der Waals surface area contributed by atoms with Crippen LogP contribution in [0.3, 0.4) is 0 Å². The lowest BCUT2D eigenvalue weighted by atomic mass is 9.96. The molecule has 0 saturated carbocycles. The van der Waals surface area contributed by atoms with E-state index in [1.807, 2.05) is 60.7 Å². The van der Waals surface area contributed by atoms with Crippen LogP contribution in [-0.4, -0.2) is 56.2 Å². The Balaban J connectivity index is 1.43. The number of rotatable bonds is 8. The minimum absolute atomic E-state index is 0.0551. The number of amides is 1. The highest BCUT2D eigenvalue weighted by molar-refractivity contribution is 7.89. The van der Waals surface area contributed by atoms with Gasteiger partial charge in [0.05, 0.1) is 18.4 Å². The van der Waals surface area contributed by atoms with Crippen LogP contribution in [0.2, 0.25) is 0 Å². The third-order valence-corrected chi connectivity index (χ3v) is 8.40. The Morgan fingerprint density at radius 1 is 0.943 bits per heavy atom. The van der Waals surface area contributed by atoms with Gasteiger partial charge in [0.15, 0.2) is 0 Å². The summed E-state index contributed by atoms with van der Waals surface area (Å²) in [5, 5.41) is 1.86. The molecule has 0 atom stereocenters. The molecule has 0 spiro atoms. The Kier molecular flexibility index (Phi) is 7.83. The first-order valence-electron chi connectivity index (χ1n) is 11.8. The number of nitrogens with zero attached hydrogens (tertiary/aromatic N) is 2. The number of piperidine rings is 1. The number of fused-ring (bicyclic) bond motifs is 1. The molecule has 0 unspecified atom stereocenters. The average Bonchev–Trinajstić information content (AvgIpc) is 2.90. The maximum atomic E-state index is 13.4. The van der Waals surface area contributed by atoms with E-state index in [1.165, 1.54) is 11.4 Å². The second-order valence-corrected chi connectivity index (χ2v) is 10.7. The minimum Gasteiger partial charge on any atom is -0.469 e. The third kappa shape index (κ3) is 5.89. The lowest BCUT2D eigenvalue weighted by molar-refractivity contribution is -0.143. The molecular formula is C27H30N2O5S. The van der Waals surface area contributed by atoms with Crippen molar-refractivity contribution in [3.05, 3.63) is 78.4 Å². The van der Waals surface area contributed by atoms with Crippen molar-refractivity contribution in [2.24, 2.45) is 5.92 Å². The van der Waals surface area contributed by atoms with Gasteiger partial charge >= 0.3 is 5.97 Å². The van der Waals surface area contributed by atoms with E-state index in [2.05, 4.69) is 0 Å². The van der Waals surface area contributed by atoms with E-state index in [0.29, 0.717) is 19.4 Å². The summed E-state index contributed by atoms with van der Waals surface area (Å²) in [6, 6.07) is 22.4. The standard InChI is InChI=1S/C27H30N2O5S/c1-34-26(30)15-16-28(20-21-7-3-2-4-8-21)27(31)23-13-17-29(18-14-23)35(32,33)25-12-11-22-9-5-6-10-24(22)19-25/h2-12,19,23H,13-18,20H2,1H3. The Bertz CT molecular complexity index is 1290. The molecule has 0 bridgehead atoms. The van der Waals surface area contributed by atoms with E-state index in [4.69, 9.17) is 4.74 Å². The van der Waals surface area contributed by atoms with Crippen molar-refractivity contribution in [1.82, 2.24) is 9.21 Å². The molecule has 0 aliphatic carbocycles. The zero-order valence-corrected chi connectivity index (χ0v) is 20.6. The second kappa shape index (κ2) is 11.0. The summed E-state index contributed by atoms with van der Waals surface area (Å²) in [6.45, 7) is 1.21. The topological polar surface area (TPSA) is 84.0 Å². The molecule has 0 N–H and O–H groups in total. The van der Waals surface area contributed by atoms with Gasteiger partial charge in [0, 0.05) is 32.1 Å². The molecule has 1 amide bonds. The van der Waals surface area contributed by atoms with Crippen molar-refractivity contribution in [2.45, 2.75) is 30.7 Å². The Morgan fingerprint density at radius 2 is 1.60 bits per heavy atom. The van der Waals surface area contributed by atoms with Gasteiger partial charge in [-0.15, -0.1) is 0 Å². The van der Waals surface area contributed by atoms with E-state index in [0.717, 1.165) is 16.3 Å². The molecule has 0 radical (unpaired) electrons. The number of sulfonamides is 1. The van der Waals surface area contributed by atoms with Crippen LogP contribution >= 0.6 is 0 Å². The minimum atomic E-state index is -3.65. The van der Waals surface area contributed by atoms with Crippen molar-refractivity contribution in [3.8, 4) is 0 Å². The summed E-state index contributed by atoms with van der Waals surface area (Å²) < 4.78 is 32.8. The fourth-order valence-electron chi connectivity index (χ4n) is 4.48. The van der Waals surface area contributed by atoms with Crippen molar-refractivity contribution in [2.75, 3.05) is 26.7 Å². The van der Waals surface area contributed by atoms with E-state index in [1.54, 1.807) is 17.0 Å². The summed E-state index contributed by atoms with van der Waals surface area (Å²) >= 11 is 0. The number of benzene rings is 3. The average molecular weight is 495 g/mol. The highest BCUT2D eigenvalue weighted by Crippen LogP contribution is 2.27. The Labute approximate surface area is 206 Å². The maximum Gasteiger partial charge on any atom is 0.307 e. The summed E-state index contributed by atoms with van der Waals surface area (Å²) in [6.07, 6.45) is 0.995. The molecule has 3 aromatic rings. The van der Waals surface area contributed by atoms with Crippen molar-refractivity contribution in [3.63, 3.8) is 0 Å². The molecule has 1 saturated heterocycles. The molecule has 8 heteroatoms. The largest absolute Gasteiger partial charge is 0.469 e. The fraction of sp³-hybridized carbons (Fsp3) is 0.333. The molecule has 1 heterocycles. The van der Waals surface area contributed by atoms with E-state index < -0.39 is 10.0 Å². The summed E-state index contributed by atoms with van der Waals surface area (Å²) in [7, 11) is -2.32. The number of hydrogen-bond donors (Lipinski definition) is 0. The summed E-state index contributed by atoms with van der Waals surface area (Å²) in [5.41, 5.74) is 0.974. The van der Waals surface area contributed by atoms with Gasteiger partial charge in [0.1, 0.15) is 0 Å². The maximum absolute atomic E-state index is 13.4. The molecule has 3 aromatic carbocycles. The van der Waals surface area contributed by atoms with E-state index in [-0.39, 0.29) is 48.7 Å². The molecule has 1 fully saturated rings. The zero-order chi connectivity index (χ0) is 24.8. The predicted octanol–water partition coefficient (Wildman–Crippen LogP) is 3.83. The predicted molar refractivity (Wildman–Crippen MR) is 134 cm³/mol. The molecule has 4 rings (SSSR count). The number of ether oxygens (including phenoxy) is 1. The van der Waals surface area contributed by atoms with Gasteiger partial charge in [-0.2, -0.15) is 4.31 Å². The van der Waals surface area contributed by atoms with Crippen LogP contribution in [0, 0.1) is 5.92 Å². The number of esters is 1. The quantitative estimate of drug-likeness (QED) is 0.445. The van der Waals surface area contributed by atoms with Crippen LogP contribution in [0.4, 0.5) is 0 Å². The van der Waals surface area contributed by atoms with E-state index >= 15 is 0 Å². The lowest BCUT2D eigenvalue weighted by Crippen LogP contribution is -2.44. The zero-order valence-electron chi connectivity index (χ0n) is 19.8. The second-order valence-electron chi connectivity index (χ2n) is 8.76. The normalized spacial score (nSPS) is 15.1. The van der Waals surface area contributed by atoms with Gasteiger partial charge in [-0.05, 0) is 41.3 Å². The van der Waals surface area contributed by atoms with Crippen LogP contribution in [0.25, 0.3) is 10.8 Å². The summed E-state index contributed by atoms with van der Waals surface area (Å²) in [5.74, 6) is -0.716. The smallest absolute Gasteiger partial charge is 0.307 e. The Hall–Kier alpha value is -3.23. The van der Waals surface area contributed by atoms with Crippen LogP contribution in [0.5, 0.6) is 0 Å². The van der Waals surface area contributed by atoms with Crippen molar-refractivity contribution in [1.29, 1.82) is 0 Å². The van der Waals surface area contributed by atoms with Crippen molar-refractivity contribution < 1.29 is 22.7 Å².